The average molecular weight is 302 g/mol. The van der Waals surface area contributed by atoms with Gasteiger partial charge in [-0.25, -0.2) is 0 Å². The normalized spacial score (nSPS) is 22.6. The molecule has 1 N–H and O–H groups in total. The van der Waals surface area contributed by atoms with Crippen molar-refractivity contribution in [3.8, 4) is 0 Å². The molecule has 17 heavy (non-hydrogen) atoms. The van der Waals surface area contributed by atoms with Gasteiger partial charge in [-0.15, -0.1) is 0 Å². The van der Waals surface area contributed by atoms with Crippen LogP contribution in [0.15, 0.2) is 10.7 Å². The number of nitrogens with zero attached hydrogens (tertiary/aromatic N) is 3. The minimum Gasteiger partial charge on any atom is -0.395 e. The van der Waals surface area contributed by atoms with Gasteiger partial charge in [-0.2, -0.15) is 5.10 Å². The molecular formula is C12H20BrN3O. The van der Waals surface area contributed by atoms with Crippen molar-refractivity contribution >= 4 is 15.9 Å². The predicted molar refractivity (Wildman–Crippen MR) is 70.7 cm³/mol. The fourth-order valence-electron chi connectivity index (χ4n) is 2.46. The third kappa shape index (κ3) is 3.30. The number of hydrogen-bond acceptors (Lipinski definition) is 3. The molecule has 0 bridgehead atoms. The van der Waals surface area contributed by atoms with Gasteiger partial charge in [0.05, 0.1) is 16.8 Å². The monoisotopic (exact) mass is 301 g/mol. The molecule has 1 aliphatic heterocycles. The first-order valence-electron chi connectivity index (χ1n) is 6.23. The zero-order chi connectivity index (χ0) is 12.3. The third-order valence-electron chi connectivity index (χ3n) is 3.42. The maximum Gasteiger partial charge on any atom is 0.0906 e. The van der Waals surface area contributed by atoms with E-state index in [-0.39, 0.29) is 6.61 Å². The number of aromatic nitrogens is 2. The average Bonchev–Trinajstić information content (AvgIpc) is 2.52. The summed E-state index contributed by atoms with van der Waals surface area (Å²) in [6.07, 6.45) is 6.80. The van der Waals surface area contributed by atoms with Crippen molar-refractivity contribution in [1.82, 2.24) is 14.7 Å². The van der Waals surface area contributed by atoms with Crippen molar-refractivity contribution in [1.29, 1.82) is 0 Å². The Morgan fingerprint density at radius 1 is 1.47 bits per heavy atom. The summed E-state index contributed by atoms with van der Waals surface area (Å²) in [6.45, 7) is 2.14. The molecule has 1 aromatic rings. The Labute approximate surface area is 111 Å². The third-order valence-corrected chi connectivity index (χ3v) is 4.08. The summed E-state index contributed by atoms with van der Waals surface area (Å²) in [5, 5.41) is 13.9. The molecule has 0 aliphatic carbocycles. The largest absolute Gasteiger partial charge is 0.395 e. The maximum atomic E-state index is 9.46. The highest BCUT2D eigenvalue weighted by molar-refractivity contribution is 9.10. The second-order valence-corrected chi connectivity index (χ2v) is 5.61. The van der Waals surface area contributed by atoms with Gasteiger partial charge in [0.15, 0.2) is 0 Å². The van der Waals surface area contributed by atoms with Crippen LogP contribution in [0.1, 0.15) is 31.4 Å². The number of aryl methyl sites for hydroxylation is 1. The van der Waals surface area contributed by atoms with Gasteiger partial charge in [-0.1, -0.05) is 12.8 Å². The van der Waals surface area contributed by atoms with Crippen molar-refractivity contribution in [3.63, 3.8) is 0 Å². The summed E-state index contributed by atoms with van der Waals surface area (Å²) in [5.74, 6) is 0. The van der Waals surface area contributed by atoms with Crippen LogP contribution in [0.4, 0.5) is 0 Å². The van der Waals surface area contributed by atoms with Gasteiger partial charge in [-0.05, 0) is 35.3 Å². The molecule has 2 heterocycles. The van der Waals surface area contributed by atoms with Crippen molar-refractivity contribution < 1.29 is 5.11 Å². The van der Waals surface area contributed by atoms with E-state index in [2.05, 4.69) is 25.9 Å². The van der Waals surface area contributed by atoms with E-state index in [0.717, 1.165) is 29.7 Å². The first kappa shape index (κ1) is 13.1. The second kappa shape index (κ2) is 5.98. The molecule has 5 heteroatoms. The van der Waals surface area contributed by atoms with Crippen LogP contribution in [0.3, 0.4) is 0 Å². The summed E-state index contributed by atoms with van der Waals surface area (Å²) >= 11 is 3.53. The van der Waals surface area contributed by atoms with Crippen LogP contribution < -0.4 is 0 Å². The van der Waals surface area contributed by atoms with Crippen molar-refractivity contribution in [2.45, 2.75) is 38.3 Å². The van der Waals surface area contributed by atoms with E-state index >= 15 is 0 Å². The lowest BCUT2D eigenvalue weighted by molar-refractivity contribution is 0.117. The number of aliphatic hydroxyl groups excluding tert-OH is 1. The summed E-state index contributed by atoms with van der Waals surface area (Å²) < 4.78 is 2.88. The van der Waals surface area contributed by atoms with Gasteiger partial charge < -0.3 is 5.11 Å². The van der Waals surface area contributed by atoms with Crippen molar-refractivity contribution in [2.75, 3.05) is 13.2 Å². The number of hydrogen-bond donors (Lipinski definition) is 1. The Morgan fingerprint density at radius 3 is 2.94 bits per heavy atom. The van der Waals surface area contributed by atoms with E-state index < -0.39 is 0 Å². The van der Waals surface area contributed by atoms with Gasteiger partial charge in [0, 0.05) is 25.8 Å². The minimum atomic E-state index is 0.254. The Kier molecular flexibility index (Phi) is 4.59. The molecule has 0 radical (unpaired) electrons. The van der Waals surface area contributed by atoms with Gasteiger partial charge in [0.25, 0.3) is 0 Å². The summed E-state index contributed by atoms with van der Waals surface area (Å²) in [6, 6.07) is 0.298. The Balaban J connectivity index is 2.06. The Hall–Kier alpha value is -0.390. The standard InChI is InChI=1S/C12H20BrN3O/c1-15-7-11(13)12(14-15)8-16-6-4-2-3-5-10(16)9-17/h7,10,17H,2-6,8-9H2,1H3. The highest BCUT2D eigenvalue weighted by Crippen LogP contribution is 2.22. The van der Waals surface area contributed by atoms with Gasteiger partial charge >= 0.3 is 0 Å². The summed E-state index contributed by atoms with van der Waals surface area (Å²) in [5.41, 5.74) is 1.06. The maximum absolute atomic E-state index is 9.46. The molecule has 1 fully saturated rings. The number of aliphatic hydroxyl groups is 1. The zero-order valence-electron chi connectivity index (χ0n) is 10.3. The van der Waals surface area contributed by atoms with E-state index in [9.17, 15) is 5.11 Å². The van der Waals surface area contributed by atoms with Crippen LogP contribution in [0.2, 0.25) is 0 Å². The van der Waals surface area contributed by atoms with E-state index in [1.165, 1.54) is 19.3 Å². The van der Waals surface area contributed by atoms with Crippen LogP contribution in [0.5, 0.6) is 0 Å². The Morgan fingerprint density at radius 2 is 2.29 bits per heavy atom. The number of rotatable bonds is 3. The topological polar surface area (TPSA) is 41.3 Å². The molecule has 96 valence electrons. The molecule has 1 unspecified atom stereocenters. The SMILES string of the molecule is Cn1cc(Br)c(CN2CCCCCC2CO)n1. The van der Waals surface area contributed by atoms with Crippen LogP contribution in [0, 0.1) is 0 Å². The molecule has 1 saturated heterocycles. The quantitative estimate of drug-likeness (QED) is 0.927. The smallest absolute Gasteiger partial charge is 0.0906 e. The van der Waals surface area contributed by atoms with Gasteiger partial charge in [0.1, 0.15) is 0 Å². The lowest BCUT2D eigenvalue weighted by Crippen LogP contribution is -2.37. The van der Waals surface area contributed by atoms with Gasteiger partial charge in [-0.3, -0.25) is 9.58 Å². The van der Waals surface area contributed by atoms with E-state index in [1.807, 2.05) is 17.9 Å². The molecule has 1 aliphatic rings. The first-order chi connectivity index (χ1) is 8.20. The molecule has 4 nitrogen and oxygen atoms in total. The van der Waals surface area contributed by atoms with Crippen LogP contribution in [-0.4, -0.2) is 39.0 Å². The molecule has 1 aromatic heterocycles. The molecular weight excluding hydrogens is 282 g/mol. The number of likely N-dealkylation sites (tertiary alicyclic amines) is 1. The molecule has 1 atom stereocenters. The lowest BCUT2D eigenvalue weighted by atomic mass is 10.1. The van der Waals surface area contributed by atoms with Crippen LogP contribution in [0.25, 0.3) is 0 Å². The lowest BCUT2D eigenvalue weighted by Gasteiger charge is -2.27. The summed E-state index contributed by atoms with van der Waals surface area (Å²) in [7, 11) is 1.93. The zero-order valence-corrected chi connectivity index (χ0v) is 11.9. The minimum absolute atomic E-state index is 0.254. The van der Waals surface area contributed by atoms with Gasteiger partial charge in [0.2, 0.25) is 0 Å². The van der Waals surface area contributed by atoms with E-state index in [1.54, 1.807) is 0 Å². The molecule has 0 spiro atoms. The van der Waals surface area contributed by atoms with Crippen molar-refractivity contribution in [2.24, 2.45) is 7.05 Å². The van der Waals surface area contributed by atoms with Crippen LogP contribution >= 0.6 is 15.9 Å². The van der Waals surface area contributed by atoms with Crippen molar-refractivity contribution in [3.05, 3.63) is 16.4 Å². The molecule has 0 amide bonds. The van der Waals surface area contributed by atoms with E-state index in [0.29, 0.717) is 6.04 Å². The fourth-order valence-corrected chi connectivity index (χ4v) is 2.96. The number of halogens is 1. The fraction of sp³-hybridized carbons (Fsp3) is 0.750. The van der Waals surface area contributed by atoms with Crippen LogP contribution in [-0.2, 0) is 13.6 Å². The van der Waals surface area contributed by atoms with E-state index in [4.69, 9.17) is 0 Å². The highest BCUT2D eigenvalue weighted by atomic mass is 79.9. The first-order valence-corrected chi connectivity index (χ1v) is 7.03. The Bertz CT molecular complexity index is 367. The predicted octanol–water partition coefficient (Wildman–Crippen LogP) is 1.92. The molecule has 0 aromatic carbocycles. The highest BCUT2D eigenvalue weighted by Gasteiger charge is 2.21. The second-order valence-electron chi connectivity index (χ2n) is 4.75. The summed E-state index contributed by atoms with van der Waals surface area (Å²) in [4.78, 5) is 2.36. The molecule has 0 saturated carbocycles. The molecule has 2 rings (SSSR count).